The molecule has 1 N–H and O–H groups in total. The van der Waals surface area contributed by atoms with E-state index in [1.165, 1.54) is 0 Å². The summed E-state index contributed by atoms with van der Waals surface area (Å²) in [6.07, 6.45) is 5.79. The van der Waals surface area contributed by atoms with Crippen LogP contribution in [0.25, 0.3) is 22.0 Å². The van der Waals surface area contributed by atoms with Crippen molar-refractivity contribution in [3.8, 4) is 22.0 Å². The molecule has 0 aliphatic carbocycles. The number of thiazole rings is 1. The van der Waals surface area contributed by atoms with Crippen molar-refractivity contribution in [3.05, 3.63) is 46.7 Å². The van der Waals surface area contributed by atoms with E-state index in [4.69, 9.17) is 14.5 Å². The van der Waals surface area contributed by atoms with E-state index < -0.39 is 0 Å². The molecular formula is C25H32N4O3S. The maximum Gasteiger partial charge on any atom is 0.253 e. The predicted molar refractivity (Wildman–Crippen MR) is 131 cm³/mol. The highest BCUT2D eigenvalue weighted by molar-refractivity contribution is 7.13. The van der Waals surface area contributed by atoms with Crippen LogP contribution in [0.3, 0.4) is 0 Å². The zero-order valence-electron chi connectivity index (χ0n) is 19.6. The number of amides is 1. The predicted octanol–water partition coefficient (Wildman–Crippen LogP) is 4.49. The first-order chi connectivity index (χ1) is 16.1. The first-order valence-corrected chi connectivity index (χ1v) is 12.5. The van der Waals surface area contributed by atoms with Gasteiger partial charge in [0.05, 0.1) is 23.1 Å². The Bertz CT molecular complexity index is 1090. The van der Waals surface area contributed by atoms with Gasteiger partial charge in [0.25, 0.3) is 5.91 Å². The van der Waals surface area contributed by atoms with Crippen LogP contribution in [0.15, 0.2) is 29.8 Å². The average Bonchev–Trinajstić information content (AvgIpc) is 3.59. The van der Waals surface area contributed by atoms with Crippen molar-refractivity contribution in [2.75, 3.05) is 26.9 Å². The summed E-state index contributed by atoms with van der Waals surface area (Å²) < 4.78 is 13.2. The lowest BCUT2D eigenvalue weighted by Gasteiger charge is -2.15. The van der Waals surface area contributed by atoms with E-state index in [2.05, 4.69) is 33.2 Å². The van der Waals surface area contributed by atoms with Gasteiger partial charge >= 0.3 is 0 Å². The van der Waals surface area contributed by atoms with Gasteiger partial charge < -0.3 is 19.4 Å². The molecule has 3 aromatic rings. The molecule has 4 heterocycles. The second kappa shape index (κ2) is 11.0. The second-order valence-electron chi connectivity index (χ2n) is 8.30. The Morgan fingerprint density at radius 2 is 2.27 bits per heavy atom. The second-order valence-corrected chi connectivity index (χ2v) is 9.16. The number of carbonyl (C=O) groups is 1. The molecule has 1 aliphatic rings. The topological polar surface area (TPSA) is 78.3 Å². The van der Waals surface area contributed by atoms with Gasteiger partial charge in [-0.05, 0) is 50.8 Å². The summed E-state index contributed by atoms with van der Waals surface area (Å²) in [6, 6.07) is 6.06. The molecule has 0 aromatic carbocycles. The Morgan fingerprint density at radius 3 is 3.03 bits per heavy atom. The minimum Gasteiger partial charge on any atom is -0.385 e. The summed E-state index contributed by atoms with van der Waals surface area (Å²) in [5, 5.41) is 6.04. The summed E-state index contributed by atoms with van der Waals surface area (Å²) >= 11 is 1.61. The molecule has 3 aromatic heterocycles. The zero-order chi connectivity index (χ0) is 23.2. The van der Waals surface area contributed by atoms with Crippen LogP contribution in [0.2, 0.25) is 0 Å². The summed E-state index contributed by atoms with van der Waals surface area (Å²) in [7, 11) is 1.67. The minimum absolute atomic E-state index is 0.0619. The Kier molecular flexibility index (Phi) is 7.90. The van der Waals surface area contributed by atoms with Crippen LogP contribution >= 0.6 is 11.3 Å². The maximum atomic E-state index is 12.9. The Labute approximate surface area is 199 Å². The van der Waals surface area contributed by atoms with Gasteiger partial charge in [0.2, 0.25) is 0 Å². The fourth-order valence-corrected chi connectivity index (χ4v) is 4.97. The fourth-order valence-electron chi connectivity index (χ4n) is 4.16. The summed E-state index contributed by atoms with van der Waals surface area (Å²) in [4.78, 5) is 22.3. The Hall–Kier alpha value is -2.55. The molecule has 1 atom stereocenters. The lowest BCUT2D eigenvalue weighted by atomic mass is 10.2. The Balaban J connectivity index is 1.64. The average molecular weight is 469 g/mol. The molecule has 0 radical (unpaired) electrons. The number of rotatable bonds is 10. The quantitative estimate of drug-likeness (QED) is 0.444. The highest BCUT2D eigenvalue weighted by atomic mass is 32.1. The standard InChI is InChI=1S/C25H32N4O3S/c1-4-19-13-18(8-10-26-19)25-28-22(16-33-25)23-14-21(24(30)27-9-6-11-31-3)17(2)29(23)15-20-7-5-12-32-20/h8,10,13-14,16,20H,4-7,9,11-12,15H2,1-3H3,(H,27,30). The van der Waals surface area contributed by atoms with Crippen LogP contribution in [0.4, 0.5) is 0 Å². The van der Waals surface area contributed by atoms with E-state index in [9.17, 15) is 4.79 Å². The third-order valence-electron chi connectivity index (χ3n) is 6.02. The number of methoxy groups -OCH3 is 1. The maximum absolute atomic E-state index is 12.9. The van der Waals surface area contributed by atoms with E-state index in [1.807, 2.05) is 25.3 Å². The van der Waals surface area contributed by atoms with Crippen LogP contribution in [-0.2, 0) is 22.4 Å². The lowest BCUT2D eigenvalue weighted by molar-refractivity contribution is 0.0937. The lowest BCUT2D eigenvalue weighted by Crippen LogP contribution is -2.26. The van der Waals surface area contributed by atoms with Crippen molar-refractivity contribution in [3.63, 3.8) is 0 Å². The highest BCUT2D eigenvalue weighted by Gasteiger charge is 2.24. The van der Waals surface area contributed by atoms with Crippen LogP contribution < -0.4 is 5.32 Å². The van der Waals surface area contributed by atoms with Crippen molar-refractivity contribution < 1.29 is 14.3 Å². The summed E-state index contributed by atoms with van der Waals surface area (Å²) in [5.74, 6) is -0.0619. The number of pyridine rings is 1. The van der Waals surface area contributed by atoms with Crippen molar-refractivity contribution in [2.45, 2.75) is 52.2 Å². The van der Waals surface area contributed by atoms with E-state index in [-0.39, 0.29) is 12.0 Å². The number of hydrogen-bond acceptors (Lipinski definition) is 6. The fraction of sp³-hybridized carbons (Fsp3) is 0.480. The van der Waals surface area contributed by atoms with Crippen LogP contribution in [0, 0.1) is 6.92 Å². The number of nitrogens with zero attached hydrogens (tertiary/aromatic N) is 3. The first-order valence-electron chi connectivity index (χ1n) is 11.6. The smallest absolute Gasteiger partial charge is 0.253 e. The van der Waals surface area contributed by atoms with Crippen molar-refractivity contribution in [1.82, 2.24) is 19.9 Å². The SMILES string of the molecule is CCc1cc(-c2nc(-c3cc(C(=O)NCCCOC)c(C)n3CC3CCCO3)cs2)ccn1. The van der Waals surface area contributed by atoms with Crippen LogP contribution in [0.5, 0.6) is 0 Å². The van der Waals surface area contributed by atoms with Gasteiger partial charge in [-0.25, -0.2) is 4.98 Å². The number of hydrogen-bond donors (Lipinski definition) is 1. The van der Waals surface area contributed by atoms with Gasteiger partial charge in [0.15, 0.2) is 0 Å². The third kappa shape index (κ3) is 5.51. The molecular weight excluding hydrogens is 436 g/mol. The molecule has 1 amide bonds. The number of carbonyl (C=O) groups excluding carboxylic acids is 1. The van der Waals surface area contributed by atoms with Gasteiger partial charge in [-0.15, -0.1) is 11.3 Å². The van der Waals surface area contributed by atoms with Crippen molar-refractivity contribution in [2.24, 2.45) is 0 Å². The van der Waals surface area contributed by atoms with Crippen LogP contribution in [-0.4, -0.2) is 53.4 Å². The number of aromatic nitrogens is 3. The monoisotopic (exact) mass is 468 g/mol. The summed E-state index contributed by atoms with van der Waals surface area (Å²) in [6.45, 7) is 6.84. The van der Waals surface area contributed by atoms with E-state index in [0.29, 0.717) is 18.7 Å². The third-order valence-corrected chi connectivity index (χ3v) is 6.92. The van der Waals surface area contributed by atoms with Gasteiger partial charge in [0, 0.05) is 61.9 Å². The molecule has 0 spiro atoms. The molecule has 7 nitrogen and oxygen atoms in total. The zero-order valence-corrected chi connectivity index (χ0v) is 20.4. The molecule has 8 heteroatoms. The molecule has 1 saturated heterocycles. The number of nitrogens with one attached hydrogen (secondary N) is 1. The minimum atomic E-state index is -0.0619. The van der Waals surface area contributed by atoms with Crippen molar-refractivity contribution in [1.29, 1.82) is 0 Å². The van der Waals surface area contributed by atoms with Gasteiger partial charge in [-0.1, -0.05) is 6.92 Å². The molecule has 33 heavy (non-hydrogen) atoms. The number of aryl methyl sites for hydroxylation is 1. The number of ether oxygens (including phenoxy) is 2. The van der Waals surface area contributed by atoms with Crippen molar-refractivity contribution >= 4 is 17.2 Å². The molecule has 1 unspecified atom stereocenters. The first kappa shape index (κ1) is 23.6. The molecule has 176 valence electrons. The molecule has 0 saturated carbocycles. The van der Waals surface area contributed by atoms with Gasteiger partial charge in [-0.2, -0.15) is 0 Å². The molecule has 1 fully saturated rings. The molecule has 4 rings (SSSR count). The molecule has 1 aliphatic heterocycles. The van der Waals surface area contributed by atoms with E-state index in [1.54, 1.807) is 18.4 Å². The van der Waals surface area contributed by atoms with Gasteiger partial charge in [0.1, 0.15) is 5.01 Å². The molecule has 0 bridgehead atoms. The normalized spacial score (nSPS) is 15.8. The van der Waals surface area contributed by atoms with Crippen LogP contribution in [0.1, 0.15) is 47.9 Å². The van der Waals surface area contributed by atoms with E-state index >= 15 is 0 Å². The summed E-state index contributed by atoms with van der Waals surface area (Å²) in [5.41, 5.74) is 5.59. The Morgan fingerprint density at radius 1 is 1.39 bits per heavy atom. The largest absolute Gasteiger partial charge is 0.385 e. The highest BCUT2D eigenvalue weighted by Crippen LogP contribution is 2.32. The van der Waals surface area contributed by atoms with Gasteiger partial charge in [-0.3, -0.25) is 9.78 Å². The van der Waals surface area contributed by atoms with E-state index in [0.717, 1.165) is 72.2 Å².